The van der Waals surface area contributed by atoms with E-state index in [1.54, 1.807) is 47.2 Å². The minimum Gasteiger partial charge on any atom is -0.488 e. The number of pyridine rings is 1. The molecule has 0 spiro atoms. The molecule has 3 aromatic rings. The molecule has 0 fully saturated rings. The van der Waals surface area contributed by atoms with Crippen molar-refractivity contribution in [1.82, 2.24) is 9.88 Å². The fourth-order valence-electron chi connectivity index (χ4n) is 3.13. The van der Waals surface area contributed by atoms with Crippen LogP contribution in [-0.4, -0.2) is 17.1 Å². The number of hydrogen-bond donors (Lipinski definition) is 1. The molecule has 5 nitrogen and oxygen atoms in total. The lowest BCUT2D eigenvalue weighted by atomic mass is 10.1. The topological polar surface area (TPSA) is 60.3 Å². The van der Waals surface area contributed by atoms with Gasteiger partial charge >= 0.3 is 0 Å². The summed E-state index contributed by atoms with van der Waals surface area (Å²) in [5.41, 5.74) is 3.32. The summed E-state index contributed by atoms with van der Waals surface area (Å²) in [6.45, 7) is 1.15. The number of ether oxygens (including phenoxy) is 1. The number of amides is 1. The van der Waals surface area contributed by atoms with Crippen LogP contribution in [0.3, 0.4) is 0 Å². The Bertz CT molecular complexity index is 1130. The lowest BCUT2D eigenvalue weighted by Gasteiger charge is -2.18. The maximum Gasteiger partial charge on any atom is 0.250 e. The molecule has 0 unspecified atom stereocenters. The summed E-state index contributed by atoms with van der Waals surface area (Å²) >= 11 is 6.01. The second-order valence-electron chi connectivity index (χ2n) is 6.81. The van der Waals surface area contributed by atoms with E-state index in [1.165, 1.54) is 0 Å². The van der Waals surface area contributed by atoms with Gasteiger partial charge in [0.05, 0.1) is 12.1 Å². The summed E-state index contributed by atoms with van der Waals surface area (Å²) in [6.07, 6.45) is 3.57. The van der Waals surface area contributed by atoms with Gasteiger partial charge in [-0.05, 0) is 41.5 Å². The van der Waals surface area contributed by atoms with Gasteiger partial charge in [0, 0.05) is 29.4 Å². The van der Waals surface area contributed by atoms with E-state index in [4.69, 9.17) is 16.3 Å². The van der Waals surface area contributed by atoms with Crippen LogP contribution in [0.4, 0.5) is 0 Å². The normalized spacial score (nSPS) is 12.5. The van der Waals surface area contributed by atoms with Crippen molar-refractivity contribution in [3.8, 4) is 5.75 Å². The Kier molecular flexibility index (Phi) is 5.49. The van der Waals surface area contributed by atoms with Crippen molar-refractivity contribution in [1.29, 1.82) is 0 Å². The van der Waals surface area contributed by atoms with E-state index in [0.29, 0.717) is 23.7 Å². The third-order valence-electron chi connectivity index (χ3n) is 4.70. The van der Waals surface area contributed by atoms with Gasteiger partial charge in [-0.15, -0.1) is 0 Å². The molecule has 1 aliphatic rings. The molecular formula is C23H19ClN2O3. The zero-order valence-corrected chi connectivity index (χ0v) is 16.4. The Morgan fingerprint density at radius 1 is 1.07 bits per heavy atom. The smallest absolute Gasteiger partial charge is 0.250 e. The van der Waals surface area contributed by atoms with Gasteiger partial charge in [-0.3, -0.25) is 9.59 Å². The zero-order chi connectivity index (χ0) is 20.2. The molecule has 1 amide bonds. The maximum absolute atomic E-state index is 12.5. The van der Waals surface area contributed by atoms with Gasteiger partial charge in [0.15, 0.2) is 0 Å². The Hall–Kier alpha value is -3.31. The van der Waals surface area contributed by atoms with Crippen LogP contribution in [0.25, 0.3) is 6.08 Å². The Morgan fingerprint density at radius 2 is 1.86 bits per heavy atom. The van der Waals surface area contributed by atoms with E-state index in [-0.39, 0.29) is 18.1 Å². The summed E-state index contributed by atoms with van der Waals surface area (Å²) in [5, 5.41) is 3.52. The number of nitrogens with one attached hydrogen (secondary N) is 1. The van der Waals surface area contributed by atoms with Crippen LogP contribution in [-0.2, 0) is 17.9 Å². The highest BCUT2D eigenvalue weighted by Gasteiger charge is 2.17. The molecule has 2 heterocycles. The molecule has 6 heteroatoms. The van der Waals surface area contributed by atoms with Crippen LogP contribution in [0, 0.1) is 0 Å². The molecule has 0 aliphatic carbocycles. The van der Waals surface area contributed by atoms with Gasteiger partial charge in [0.25, 0.3) is 11.5 Å². The molecule has 0 radical (unpaired) electrons. The first-order chi connectivity index (χ1) is 14.1. The van der Waals surface area contributed by atoms with Crippen molar-refractivity contribution < 1.29 is 9.53 Å². The summed E-state index contributed by atoms with van der Waals surface area (Å²) in [4.78, 5) is 24.3. The molecular weight excluding hydrogens is 388 g/mol. The Morgan fingerprint density at radius 3 is 2.66 bits per heavy atom. The number of fused-ring (bicyclic) bond motifs is 1. The first-order valence-electron chi connectivity index (χ1n) is 9.23. The van der Waals surface area contributed by atoms with E-state index in [0.717, 1.165) is 22.4 Å². The van der Waals surface area contributed by atoms with E-state index in [1.807, 2.05) is 30.3 Å². The van der Waals surface area contributed by atoms with Crippen LogP contribution in [0.2, 0.25) is 5.02 Å². The van der Waals surface area contributed by atoms with Crippen LogP contribution in [0.15, 0.2) is 77.2 Å². The van der Waals surface area contributed by atoms with E-state index < -0.39 is 0 Å². The van der Waals surface area contributed by atoms with Gasteiger partial charge in [0.1, 0.15) is 12.4 Å². The number of carbonyl (C=O) groups excluding carboxylic acids is 1. The predicted molar refractivity (Wildman–Crippen MR) is 113 cm³/mol. The highest BCUT2D eigenvalue weighted by atomic mass is 35.5. The standard InChI is InChI=1S/C23H19ClN2O3/c24-20-8-9-21-18(12-20)11-19(15-29-21)23(28)25-13-16-4-6-17(7-5-16)14-26-10-2-1-3-22(26)27/h1-12H,13-15H2,(H,25,28). The van der Waals surface area contributed by atoms with E-state index >= 15 is 0 Å². The van der Waals surface area contributed by atoms with E-state index in [2.05, 4.69) is 5.32 Å². The van der Waals surface area contributed by atoms with Gasteiger partial charge < -0.3 is 14.6 Å². The van der Waals surface area contributed by atoms with Crippen molar-refractivity contribution in [2.45, 2.75) is 13.1 Å². The van der Waals surface area contributed by atoms with Crippen molar-refractivity contribution in [2.75, 3.05) is 6.61 Å². The SMILES string of the molecule is O=C(NCc1ccc(Cn2ccccc2=O)cc1)C1=Cc2cc(Cl)ccc2OC1. The fourth-order valence-corrected chi connectivity index (χ4v) is 3.31. The van der Waals surface area contributed by atoms with Crippen molar-refractivity contribution >= 4 is 23.6 Å². The molecule has 0 saturated heterocycles. The molecule has 0 atom stereocenters. The van der Waals surface area contributed by atoms with Gasteiger partial charge in [-0.2, -0.15) is 0 Å². The van der Waals surface area contributed by atoms with Crippen LogP contribution in [0.5, 0.6) is 5.75 Å². The molecule has 0 saturated carbocycles. The molecule has 29 heavy (non-hydrogen) atoms. The van der Waals surface area contributed by atoms with Gasteiger partial charge in [-0.25, -0.2) is 0 Å². The van der Waals surface area contributed by atoms with Crippen molar-refractivity contribution in [2.24, 2.45) is 0 Å². The summed E-state index contributed by atoms with van der Waals surface area (Å²) in [5.74, 6) is 0.551. The first-order valence-corrected chi connectivity index (χ1v) is 9.61. The summed E-state index contributed by atoms with van der Waals surface area (Å²) < 4.78 is 7.28. The van der Waals surface area contributed by atoms with Crippen LogP contribution < -0.4 is 15.6 Å². The van der Waals surface area contributed by atoms with Crippen LogP contribution in [0.1, 0.15) is 16.7 Å². The summed E-state index contributed by atoms with van der Waals surface area (Å²) in [6, 6.07) is 18.3. The minimum atomic E-state index is -0.171. The highest BCUT2D eigenvalue weighted by Crippen LogP contribution is 2.28. The van der Waals surface area contributed by atoms with Crippen molar-refractivity contribution in [3.63, 3.8) is 0 Å². The van der Waals surface area contributed by atoms with Gasteiger partial charge in [-0.1, -0.05) is 41.9 Å². The number of benzene rings is 2. The largest absolute Gasteiger partial charge is 0.488 e. The lowest BCUT2D eigenvalue weighted by molar-refractivity contribution is -0.117. The first kappa shape index (κ1) is 19.0. The minimum absolute atomic E-state index is 0.0327. The fraction of sp³-hybridized carbons (Fsp3) is 0.130. The number of halogens is 1. The molecule has 1 aromatic heterocycles. The summed E-state index contributed by atoms with van der Waals surface area (Å²) in [7, 11) is 0. The molecule has 4 rings (SSSR count). The second-order valence-corrected chi connectivity index (χ2v) is 7.24. The third kappa shape index (κ3) is 4.58. The number of carbonyl (C=O) groups is 1. The monoisotopic (exact) mass is 406 g/mol. The number of nitrogens with zero attached hydrogens (tertiary/aromatic N) is 1. The average molecular weight is 407 g/mol. The quantitative estimate of drug-likeness (QED) is 0.703. The van der Waals surface area contributed by atoms with Gasteiger partial charge in [0.2, 0.25) is 0 Å². The predicted octanol–water partition coefficient (Wildman–Crippen LogP) is 3.64. The molecule has 1 aliphatic heterocycles. The number of aromatic nitrogens is 1. The van der Waals surface area contributed by atoms with Crippen LogP contribution >= 0.6 is 11.6 Å². The molecule has 2 aromatic carbocycles. The highest BCUT2D eigenvalue weighted by molar-refractivity contribution is 6.30. The van der Waals surface area contributed by atoms with Crippen molar-refractivity contribution in [3.05, 3.63) is 105 Å². The lowest BCUT2D eigenvalue weighted by Crippen LogP contribution is -2.28. The van der Waals surface area contributed by atoms with E-state index in [9.17, 15) is 9.59 Å². The molecule has 1 N–H and O–H groups in total. The Labute approximate surface area is 173 Å². The average Bonchev–Trinajstić information content (AvgIpc) is 2.74. The number of rotatable bonds is 5. The third-order valence-corrected chi connectivity index (χ3v) is 4.94. The zero-order valence-electron chi connectivity index (χ0n) is 15.6. The number of hydrogen-bond acceptors (Lipinski definition) is 3. The Balaban J connectivity index is 1.37. The molecule has 0 bridgehead atoms. The maximum atomic E-state index is 12.5. The molecule has 146 valence electrons. The second kappa shape index (κ2) is 8.37.